The maximum Gasteiger partial charge on any atom is 0.251 e. The lowest BCUT2D eigenvalue weighted by atomic mass is 10.0. The zero-order valence-electron chi connectivity index (χ0n) is 14.7. The Morgan fingerprint density at radius 3 is 2.69 bits per heavy atom. The Balaban J connectivity index is 1.41. The first kappa shape index (κ1) is 16.4. The predicted molar refractivity (Wildman–Crippen MR) is 101 cm³/mol. The van der Waals surface area contributed by atoms with E-state index >= 15 is 0 Å². The third kappa shape index (κ3) is 3.08. The molecule has 0 bridgehead atoms. The number of amides is 2. The molecule has 1 aliphatic rings. The van der Waals surface area contributed by atoms with Gasteiger partial charge >= 0.3 is 0 Å². The second-order valence-corrected chi connectivity index (χ2v) is 6.74. The molecule has 2 aromatic carbocycles. The third-order valence-electron chi connectivity index (χ3n) is 4.95. The summed E-state index contributed by atoms with van der Waals surface area (Å²) in [7, 11) is 0. The number of para-hydroxylation sites is 1. The van der Waals surface area contributed by atoms with Crippen LogP contribution in [0.2, 0.25) is 0 Å². The van der Waals surface area contributed by atoms with Gasteiger partial charge in [0, 0.05) is 47.2 Å². The topological polar surface area (TPSA) is 65.2 Å². The minimum Gasteiger partial charge on any atom is -0.358 e. The Labute approximate surface area is 152 Å². The van der Waals surface area contributed by atoms with E-state index in [9.17, 15) is 9.59 Å². The van der Waals surface area contributed by atoms with Crippen molar-refractivity contribution in [3.05, 3.63) is 70.9 Å². The van der Waals surface area contributed by atoms with Gasteiger partial charge in [-0.1, -0.05) is 35.9 Å². The van der Waals surface area contributed by atoms with Gasteiger partial charge in [-0.3, -0.25) is 9.59 Å². The fourth-order valence-corrected chi connectivity index (χ4v) is 3.45. The second-order valence-electron chi connectivity index (χ2n) is 6.74. The first-order valence-corrected chi connectivity index (χ1v) is 8.83. The van der Waals surface area contributed by atoms with Crippen LogP contribution in [-0.2, 0) is 17.8 Å². The minimum absolute atomic E-state index is 0.0183. The van der Waals surface area contributed by atoms with Crippen LogP contribution in [0.3, 0.4) is 0 Å². The first-order valence-electron chi connectivity index (χ1n) is 8.83. The summed E-state index contributed by atoms with van der Waals surface area (Å²) >= 11 is 0. The van der Waals surface area contributed by atoms with Gasteiger partial charge in [0.15, 0.2) is 0 Å². The summed E-state index contributed by atoms with van der Waals surface area (Å²) in [5, 5.41) is 3.90. The van der Waals surface area contributed by atoms with E-state index in [4.69, 9.17) is 0 Å². The highest BCUT2D eigenvalue weighted by atomic mass is 16.2. The molecule has 2 N–H and O–H groups in total. The van der Waals surface area contributed by atoms with E-state index < -0.39 is 0 Å². The van der Waals surface area contributed by atoms with Crippen molar-refractivity contribution < 1.29 is 9.59 Å². The summed E-state index contributed by atoms with van der Waals surface area (Å²) in [6.07, 6.45) is 0.807. The van der Waals surface area contributed by atoms with Crippen LogP contribution < -0.4 is 5.32 Å². The lowest BCUT2D eigenvalue weighted by Gasteiger charge is -2.27. The number of aryl methyl sites for hydroxylation is 1. The fraction of sp³-hybridized carbons (Fsp3) is 0.238. The van der Waals surface area contributed by atoms with Gasteiger partial charge in [-0.05, 0) is 25.1 Å². The van der Waals surface area contributed by atoms with Gasteiger partial charge in [-0.25, -0.2) is 0 Å². The fourth-order valence-electron chi connectivity index (χ4n) is 3.45. The Kier molecular flexibility index (Phi) is 4.21. The number of hydrogen-bond acceptors (Lipinski definition) is 2. The van der Waals surface area contributed by atoms with Crippen LogP contribution in [0.1, 0.15) is 27.2 Å². The number of carbonyl (C=O) groups is 2. The number of aromatic nitrogens is 1. The molecule has 26 heavy (non-hydrogen) atoms. The maximum atomic E-state index is 12.6. The Morgan fingerprint density at radius 1 is 1.12 bits per heavy atom. The summed E-state index contributed by atoms with van der Waals surface area (Å²) in [5.41, 5.74) is 5.17. The van der Waals surface area contributed by atoms with Crippen LogP contribution in [0, 0.1) is 6.92 Å². The summed E-state index contributed by atoms with van der Waals surface area (Å²) in [5.74, 6) is -0.274. The van der Waals surface area contributed by atoms with Crippen molar-refractivity contribution in [2.45, 2.75) is 19.9 Å². The molecular weight excluding hydrogens is 326 g/mol. The summed E-state index contributed by atoms with van der Waals surface area (Å²) in [6, 6.07) is 15.5. The van der Waals surface area contributed by atoms with Gasteiger partial charge in [0.2, 0.25) is 5.91 Å². The Morgan fingerprint density at radius 2 is 1.88 bits per heavy atom. The largest absolute Gasteiger partial charge is 0.358 e. The molecule has 5 nitrogen and oxygen atoms in total. The highest BCUT2D eigenvalue weighted by molar-refractivity contribution is 5.96. The van der Waals surface area contributed by atoms with Crippen LogP contribution in [0.5, 0.6) is 0 Å². The number of aromatic amines is 1. The summed E-state index contributed by atoms with van der Waals surface area (Å²) in [6.45, 7) is 3.24. The van der Waals surface area contributed by atoms with E-state index in [2.05, 4.69) is 22.4 Å². The number of benzene rings is 2. The van der Waals surface area contributed by atoms with Crippen molar-refractivity contribution in [2.24, 2.45) is 0 Å². The number of rotatable bonds is 3. The zero-order chi connectivity index (χ0) is 18.1. The molecule has 0 aliphatic carbocycles. The number of fused-ring (bicyclic) bond motifs is 3. The predicted octanol–water partition coefficient (Wildman–Crippen LogP) is 2.79. The van der Waals surface area contributed by atoms with Gasteiger partial charge in [0.05, 0.1) is 6.54 Å². The van der Waals surface area contributed by atoms with Crippen molar-refractivity contribution in [1.82, 2.24) is 15.2 Å². The highest BCUT2D eigenvalue weighted by Crippen LogP contribution is 2.27. The molecule has 3 aromatic rings. The number of H-pyrrole nitrogens is 1. The van der Waals surface area contributed by atoms with Gasteiger partial charge in [-0.15, -0.1) is 0 Å². The minimum atomic E-state index is -0.219. The van der Waals surface area contributed by atoms with Crippen LogP contribution in [0.25, 0.3) is 10.9 Å². The van der Waals surface area contributed by atoms with Crippen LogP contribution in [0.15, 0.2) is 48.5 Å². The van der Waals surface area contributed by atoms with E-state index in [1.54, 1.807) is 12.1 Å². The quantitative estimate of drug-likeness (QED) is 0.765. The van der Waals surface area contributed by atoms with E-state index in [-0.39, 0.29) is 18.4 Å². The monoisotopic (exact) mass is 347 g/mol. The molecule has 4 rings (SSSR count). The maximum absolute atomic E-state index is 12.6. The van der Waals surface area contributed by atoms with Crippen LogP contribution in [-0.4, -0.2) is 34.8 Å². The van der Waals surface area contributed by atoms with Crippen molar-refractivity contribution >= 4 is 22.7 Å². The SMILES string of the molecule is Cc1ccc(C(=O)NCC(=O)N2CCc3[nH]c4ccccc4c3C2)cc1. The molecule has 0 spiro atoms. The molecule has 2 heterocycles. The van der Waals surface area contributed by atoms with Gasteiger partial charge in [-0.2, -0.15) is 0 Å². The van der Waals surface area contributed by atoms with Crippen molar-refractivity contribution in [3.63, 3.8) is 0 Å². The second kappa shape index (κ2) is 6.67. The molecule has 2 amide bonds. The van der Waals surface area contributed by atoms with Crippen molar-refractivity contribution in [1.29, 1.82) is 0 Å². The third-order valence-corrected chi connectivity index (χ3v) is 4.95. The van der Waals surface area contributed by atoms with E-state index in [1.807, 2.05) is 36.1 Å². The molecule has 1 aromatic heterocycles. The molecule has 0 unspecified atom stereocenters. The van der Waals surface area contributed by atoms with Gasteiger partial charge < -0.3 is 15.2 Å². The molecule has 0 saturated heterocycles. The Bertz CT molecular complexity index is 973. The van der Waals surface area contributed by atoms with E-state index in [0.717, 1.165) is 17.5 Å². The smallest absolute Gasteiger partial charge is 0.251 e. The number of nitrogens with one attached hydrogen (secondary N) is 2. The first-order chi connectivity index (χ1) is 12.6. The number of hydrogen-bond donors (Lipinski definition) is 2. The highest BCUT2D eigenvalue weighted by Gasteiger charge is 2.24. The summed E-state index contributed by atoms with van der Waals surface area (Å²) in [4.78, 5) is 30.0. The molecule has 0 fully saturated rings. The van der Waals surface area contributed by atoms with Gasteiger partial charge in [0.25, 0.3) is 5.91 Å². The zero-order valence-corrected chi connectivity index (χ0v) is 14.7. The van der Waals surface area contributed by atoms with Crippen molar-refractivity contribution in [2.75, 3.05) is 13.1 Å². The molecule has 5 heteroatoms. The molecule has 132 valence electrons. The van der Waals surface area contributed by atoms with Gasteiger partial charge in [0.1, 0.15) is 0 Å². The molecule has 0 radical (unpaired) electrons. The lowest BCUT2D eigenvalue weighted by Crippen LogP contribution is -2.42. The standard InChI is InChI=1S/C21H21N3O2/c1-14-6-8-15(9-7-14)21(26)22-12-20(25)24-11-10-19-17(13-24)16-4-2-3-5-18(16)23-19/h2-9,23H,10-13H2,1H3,(H,22,26). The van der Waals surface area contributed by atoms with Crippen LogP contribution >= 0.6 is 0 Å². The number of carbonyl (C=O) groups excluding carboxylic acids is 2. The lowest BCUT2D eigenvalue weighted by molar-refractivity contribution is -0.131. The van der Waals surface area contributed by atoms with Crippen LogP contribution in [0.4, 0.5) is 0 Å². The number of nitrogens with zero attached hydrogens (tertiary/aromatic N) is 1. The summed E-state index contributed by atoms with van der Waals surface area (Å²) < 4.78 is 0. The Hall–Kier alpha value is -3.08. The molecule has 0 atom stereocenters. The molecule has 1 aliphatic heterocycles. The normalized spacial score (nSPS) is 13.5. The average molecular weight is 347 g/mol. The molecular formula is C21H21N3O2. The average Bonchev–Trinajstić information content (AvgIpc) is 3.04. The van der Waals surface area contributed by atoms with E-state index in [1.165, 1.54) is 16.6 Å². The van der Waals surface area contributed by atoms with E-state index in [0.29, 0.717) is 18.7 Å². The molecule has 0 saturated carbocycles. The van der Waals surface area contributed by atoms with Crippen molar-refractivity contribution in [3.8, 4) is 0 Å².